The Bertz CT molecular complexity index is 268. The number of aromatic nitrogens is 2. The lowest BCUT2D eigenvalue weighted by Crippen LogP contribution is -2.30. The van der Waals surface area contributed by atoms with Gasteiger partial charge in [0.05, 0.1) is 5.69 Å². The standard InChI is InChI=1S/C7H12N4S/c1-11-5-3-6(10-11)2-4-9-7(8)12/h3,5H,2,4H2,1H3,(H3,8,9,12). The van der Waals surface area contributed by atoms with E-state index < -0.39 is 0 Å². The fraction of sp³-hybridized carbons (Fsp3) is 0.429. The summed E-state index contributed by atoms with van der Waals surface area (Å²) in [6.45, 7) is 0.742. The molecule has 0 saturated heterocycles. The molecule has 0 aliphatic heterocycles. The van der Waals surface area contributed by atoms with Crippen molar-refractivity contribution in [3.63, 3.8) is 0 Å². The summed E-state index contributed by atoms with van der Waals surface area (Å²) in [6.07, 6.45) is 2.76. The van der Waals surface area contributed by atoms with Crippen LogP contribution < -0.4 is 11.1 Å². The summed E-state index contributed by atoms with van der Waals surface area (Å²) in [5.41, 5.74) is 6.30. The van der Waals surface area contributed by atoms with E-state index in [0.29, 0.717) is 5.11 Å². The predicted octanol–water partition coefficient (Wildman–Crippen LogP) is -0.204. The molecule has 1 aromatic rings. The summed E-state index contributed by atoms with van der Waals surface area (Å²) in [7, 11) is 1.89. The van der Waals surface area contributed by atoms with E-state index in [1.54, 1.807) is 4.68 Å². The summed E-state index contributed by atoms with van der Waals surface area (Å²) < 4.78 is 1.77. The van der Waals surface area contributed by atoms with Crippen molar-refractivity contribution in [2.75, 3.05) is 6.54 Å². The number of nitrogens with one attached hydrogen (secondary N) is 1. The lowest BCUT2D eigenvalue weighted by atomic mass is 10.3. The minimum Gasteiger partial charge on any atom is -0.376 e. The van der Waals surface area contributed by atoms with E-state index in [2.05, 4.69) is 22.6 Å². The average molecular weight is 184 g/mol. The first-order valence-electron chi connectivity index (χ1n) is 3.70. The Morgan fingerprint density at radius 2 is 2.58 bits per heavy atom. The monoisotopic (exact) mass is 184 g/mol. The molecule has 1 heterocycles. The largest absolute Gasteiger partial charge is 0.376 e. The van der Waals surface area contributed by atoms with Crippen LogP contribution in [0.2, 0.25) is 0 Å². The molecule has 5 heteroatoms. The van der Waals surface area contributed by atoms with E-state index in [-0.39, 0.29) is 0 Å². The Hall–Kier alpha value is -1.10. The first-order valence-corrected chi connectivity index (χ1v) is 4.11. The number of thiocarbonyl (C=S) groups is 1. The highest BCUT2D eigenvalue weighted by atomic mass is 32.1. The molecular weight excluding hydrogens is 172 g/mol. The van der Waals surface area contributed by atoms with E-state index in [0.717, 1.165) is 18.7 Å². The van der Waals surface area contributed by atoms with Gasteiger partial charge in [0.15, 0.2) is 5.11 Å². The molecule has 0 amide bonds. The quantitative estimate of drug-likeness (QED) is 0.639. The molecule has 0 aliphatic rings. The van der Waals surface area contributed by atoms with Gasteiger partial charge < -0.3 is 11.1 Å². The molecule has 12 heavy (non-hydrogen) atoms. The van der Waals surface area contributed by atoms with Crippen LogP contribution in [0.1, 0.15) is 5.69 Å². The molecule has 0 saturated carbocycles. The van der Waals surface area contributed by atoms with E-state index in [1.165, 1.54) is 0 Å². The Morgan fingerprint density at radius 1 is 1.83 bits per heavy atom. The molecule has 66 valence electrons. The van der Waals surface area contributed by atoms with Gasteiger partial charge >= 0.3 is 0 Å². The second-order valence-corrected chi connectivity index (χ2v) is 2.96. The molecule has 0 fully saturated rings. The van der Waals surface area contributed by atoms with Crippen molar-refractivity contribution in [3.05, 3.63) is 18.0 Å². The molecule has 0 atom stereocenters. The van der Waals surface area contributed by atoms with Crippen LogP contribution in [0, 0.1) is 0 Å². The van der Waals surface area contributed by atoms with Crippen molar-refractivity contribution in [3.8, 4) is 0 Å². The summed E-state index contributed by atoms with van der Waals surface area (Å²) in [5, 5.41) is 7.40. The Balaban J connectivity index is 2.29. The van der Waals surface area contributed by atoms with Gasteiger partial charge in [-0.15, -0.1) is 0 Å². The van der Waals surface area contributed by atoms with Crippen LogP contribution in [0.25, 0.3) is 0 Å². The van der Waals surface area contributed by atoms with E-state index >= 15 is 0 Å². The molecule has 0 radical (unpaired) electrons. The van der Waals surface area contributed by atoms with Gasteiger partial charge in [0.2, 0.25) is 0 Å². The van der Waals surface area contributed by atoms with Crippen LogP contribution in [0.3, 0.4) is 0 Å². The molecule has 0 spiro atoms. The van der Waals surface area contributed by atoms with Crippen LogP contribution in [-0.2, 0) is 13.5 Å². The summed E-state index contributed by atoms with van der Waals surface area (Å²) in [5.74, 6) is 0. The maximum atomic E-state index is 5.26. The molecule has 4 nitrogen and oxygen atoms in total. The molecule has 0 unspecified atom stereocenters. The molecule has 1 rings (SSSR count). The molecule has 0 bridgehead atoms. The zero-order valence-corrected chi connectivity index (χ0v) is 7.77. The zero-order valence-electron chi connectivity index (χ0n) is 6.95. The summed E-state index contributed by atoms with van der Waals surface area (Å²) in [4.78, 5) is 0. The van der Waals surface area contributed by atoms with Gasteiger partial charge in [-0.05, 0) is 18.3 Å². The summed E-state index contributed by atoms with van der Waals surface area (Å²) >= 11 is 4.66. The van der Waals surface area contributed by atoms with Gasteiger partial charge in [0, 0.05) is 26.2 Å². The molecule has 1 aromatic heterocycles. The van der Waals surface area contributed by atoms with Gasteiger partial charge in [0.25, 0.3) is 0 Å². The van der Waals surface area contributed by atoms with Crippen molar-refractivity contribution in [1.29, 1.82) is 0 Å². The number of hydrogen-bond donors (Lipinski definition) is 2. The number of nitrogens with two attached hydrogens (primary N) is 1. The average Bonchev–Trinajstić information content (AvgIpc) is 2.35. The lowest BCUT2D eigenvalue weighted by Gasteiger charge is -2.00. The Morgan fingerprint density at radius 3 is 3.08 bits per heavy atom. The topological polar surface area (TPSA) is 55.9 Å². The maximum absolute atomic E-state index is 5.26. The van der Waals surface area contributed by atoms with Crippen molar-refractivity contribution in [1.82, 2.24) is 15.1 Å². The van der Waals surface area contributed by atoms with Gasteiger partial charge in [-0.1, -0.05) is 0 Å². The zero-order chi connectivity index (χ0) is 8.97. The predicted molar refractivity (Wildman–Crippen MR) is 51.7 cm³/mol. The fourth-order valence-electron chi connectivity index (χ4n) is 0.910. The minimum absolute atomic E-state index is 0.339. The van der Waals surface area contributed by atoms with Gasteiger partial charge in [-0.2, -0.15) is 5.10 Å². The van der Waals surface area contributed by atoms with Crippen LogP contribution in [0.4, 0.5) is 0 Å². The molecule has 0 aromatic carbocycles. The highest BCUT2D eigenvalue weighted by Gasteiger charge is 1.95. The van der Waals surface area contributed by atoms with Gasteiger partial charge in [-0.25, -0.2) is 0 Å². The van der Waals surface area contributed by atoms with E-state index in [4.69, 9.17) is 5.73 Å². The first-order chi connectivity index (χ1) is 5.68. The van der Waals surface area contributed by atoms with Gasteiger partial charge in [0.1, 0.15) is 0 Å². The number of hydrogen-bond acceptors (Lipinski definition) is 2. The second-order valence-electron chi connectivity index (χ2n) is 2.52. The third kappa shape index (κ3) is 2.87. The second kappa shape index (κ2) is 4.06. The van der Waals surface area contributed by atoms with Crippen molar-refractivity contribution >= 4 is 17.3 Å². The fourth-order valence-corrected chi connectivity index (χ4v) is 1.01. The number of aryl methyl sites for hydroxylation is 1. The van der Waals surface area contributed by atoms with Gasteiger partial charge in [-0.3, -0.25) is 4.68 Å². The molecule has 3 N–H and O–H groups in total. The molecule has 0 aliphatic carbocycles. The highest BCUT2D eigenvalue weighted by molar-refractivity contribution is 7.80. The SMILES string of the molecule is Cn1ccc(CCNC(N)=S)n1. The van der Waals surface area contributed by atoms with Crippen LogP contribution in [0.5, 0.6) is 0 Å². The lowest BCUT2D eigenvalue weighted by molar-refractivity contribution is 0.731. The first kappa shape index (κ1) is 8.99. The van der Waals surface area contributed by atoms with E-state index in [1.807, 2.05) is 19.3 Å². The minimum atomic E-state index is 0.339. The number of rotatable bonds is 3. The number of nitrogens with zero attached hydrogens (tertiary/aromatic N) is 2. The Kier molecular flexibility index (Phi) is 3.04. The Labute approximate surface area is 76.7 Å². The van der Waals surface area contributed by atoms with Crippen LogP contribution in [0.15, 0.2) is 12.3 Å². The maximum Gasteiger partial charge on any atom is 0.163 e. The van der Waals surface area contributed by atoms with Crippen LogP contribution in [-0.4, -0.2) is 21.4 Å². The third-order valence-electron chi connectivity index (χ3n) is 1.45. The molecular formula is C7H12N4S. The van der Waals surface area contributed by atoms with Crippen molar-refractivity contribution in [2.45, 2.75) is 6.42 Å². The van der Waals surface area contributed by atoms with Crippen LogP contribution >= 0.6 is 12.2 Å². The van der Waals surface area contributed by atoms with Crippen molar-refractivity contribution in [2.24, 2.45) is 12.8 Å². The van der Waals surface area contributed by atoms with Crippen molar-refractivity contribution < 1.29 is 0 Å². The highest BCUT2D eigenvalue weighted by Crippen LogP contribution is 1.93. The third-order valence-corrected chi connectivity index (χ3v) is 1.59. The smallest absolute Gasteiger partial charge is 0.163 e. The normalized spacial score (nSPS) is 9.75. The summed E-state index contributed by atoms with van der Waals surface area (Å²) in [6, 6.07) is 1.97. The van der Waals surface area contributed by atoms with E-state index in [9.17, 15) is 0 Å².